The number of ether oxygens (including phenoxy) is 1. The van der Waals surface area contributed by atoms with Crippen molar-refractivity contribution in [1.29, 1.82) is 5.26 Å². The van der Waals surface area contributed by atoms with E-state index in [0.717, 1.165) is 36.1 Å². The fourth-order valence-electron chi connectivity index (χ4n) is 2.13. The molecule has 0 spiro atoms. The van der Waals surface area contributed by atoms with Crippen molar-refractivity contribution < 1.29 is 19.2 Å². The van der Waals surface area contributed by atoms with Gasteiger partial charge in [-0.3, -0.25) is 19.7 Å². The predicted octanol–water partition coefficient (Wildman–Crippen LogP) is 1.71. The number of pyridine rings is 1. The molecule has 0 bridgehead atoms. The number of benzene rings is 1. The van der Waals surface area contributed by atoms with E-state index in [2.05, 4.69) is 10.1 Å². The Hall–Kier alpha value is -3.71. The second-order valence-corrected chi connectivity index (χ2v) is 5.56. The maximum Gasteiger partial charge on any atom is 0.339 e. The first-order chi connectivity index (χ1) is 12.8. The van der Waals surface area contributed by atoms with Crippen LogP contribution in [0.2, 0.25) is 5.02 Å². The molecule has 10 nitrogen and oxygen atoms in total. The highest BCUT2D eigenvalue weighted by atomic mass is 35.5. The molecule has 1 heterocycles. The number of nitro benzene ring substituents is 1. The fraction of sp³-hybridized carbons (Fsp3) is 0.125. The average Bonchev–Trinajstić information content (AvgIpc) is 2.64. The standard InChI is InChI=1S/C16H11ClN4O6/c1-27-16(24)10-4-9(6-18)15(23)20(7-10)8-14(22)19-13-3-2-11(21(25)26)5-12(13)17/h2-5,7H,8H2,1H3,(H,19,22). The molecular weight excluding hydrogens is 380 g/mol. The van der Waals surface area contributed by atoms with Gasteiger partial charge in [0, 0.05) is 18.3 Å². The van der Waals surface area contributed by atoms with Crippen LogP contribution in [0.15, 0.2) is 35.3 Å². The maximum atomic E-state index is 12.2. The van der Waals surface area contributed by atoms with Crippen molar-refractivity contribution >= 4 is 34.9 Å². The molecule has 1 N–H and O–H groups in total. The second-order valence-electron chi connectivity index (χ2n) is 5.15. The average molecular weight is 391 g/mol. The number of carbonyl (C=O) groups is 2. The first kappa shape index (κ1) is 19.6. The largest absolute Gasteiger partial charge is 0.465 e. The van der Waals surface area contributed by atoms with Crippen molar-refractivity contribution in [1.82, 2.24) is 4.57 Å². The Morgan fingerprint density at radius 3 is 2.67 bits per heavy atom. The quantitative estimate of drug-likeness (QED) is 0.464. The van der Waals surface area contributed by atoms with Crippen molar-refractivity contribution in [3.05, 3.63) is 67.1 Å². The van der Waals surface area contributed by atoms with Gasteiger partial charge in [0.05, 0.1) is 28.3 Å². The molecule has 1 aromatic heterocycles. The topological polar surface area (TPSA) is 144 Å². The lowest BCUT2D eigenvalue weighted by atomic mass is 10.2. The lowest BCUT2D eigenvalue weighted by Gasteiger charge is -2.10. The monoisotopic (exact) mass is 390 g/mol. The number of esters is 1. The van der Waals surface area contributed by atoms with Gasteiger partial charge in [0.25, 0.3) is 11.2 Å². The number of nitrogens with zero attached hydrogens (tertiary/aromatic N) is 3. The van der Waals surface area contributed by atoms with Crippen molar-refractivity contribution in [3.8, 4) is 6.07 Å². The smallest absolute Gasteiger partial charge is 0.339 e. The van der Waals surface area contributed by atoms with E-state index in [0.29, 0.717) is 0 Å². The summed E-state index contributed by atoms with van der Waals surface area (Å²) in [6, 6.07) is 6.17. The molecule has 27 heavy (non-hydrogen) atoms. The molecule has 0 atom stereocenters. The number of anilines is 1. The SMILES string of the molecule is COC(=O)c1cc(C#N)c(=O)n(CC(=O)Nc2ccc([N+](=O)[O-])cc2Cl)c1. The van der Waals surface area contributed by atoms with Gasteiger partial charge in [-0.1, -0.05) is 11.6 Å². The first-order valence-corrected chi connectivity index (χ1v) is 7.61. The summed E-state index contributed by atoms with van der Waals surface area (Å²) < 4.78 is 5.42. The Morgan fingerprint density at radius 1 is 1.41 bits per heavy atom. The van der Waals surface area contributed by atoms with Gasteiger partial charge in [-0.05, 0) is 12.1 Å². The Morgan fingerprint density at radius 2 is 2.11 bits per heavy atom. The van der Waals surface area contributed by atoms with E-state index in [4.69, 9.17) is 16.9 Å². The molecule has 0 fully saturated rings. The number of methoxy groups -OCH3 is 1. The predicted molar refractivity (Wildman–Crippen MR) is 93.5 cm³/mol. The van der Waals surface area contributed by atoms with Crippen LogP contribution in [0.4, 0.5) is 11.4 Å². The summed E-state index contributed by atoms with van der Waals surface area (Å²) in [7, 11) is 1.13. The van der Waals surface area contributed by atoms with Crippen LogP contribution in [-0.2, 0) is 16.1 Å². The molecule has 0 saturated carbocycles. The van der Waals surface area contributed by atoms with Crippen LogP contribution in [-0.4, -0.2) is 28.5 Å². The zero-order chi connectivity index (χ0) is 20.1. The zero-order valence-electron chi connectivity index (χ0n) is 13.8. The Balaban J connectivity index is 2.28. The van der Waals surface area contributed by atoms with Crippen LogP contribution in [0, 0.1) is 21.4 Å². The summed E-state index contributed by atoms with van der Waals surface area (Å²) >= 11 is 5.89. The summed E-state index contributed by atoms with van der Waals surface area (Å²) in [5, 5.41) is 22.0. The van der Waals surface area contributed by atoms with Gasteiger partial charge < -0.3 is 14.6 Å². The summed E-state index contributed by atoms with van der Waals surface area (Å²) in [5.74, 6) is -1.47. The third kappa shape index (κ3) is 4.47. The van der Waals surface area contributed by atoms with E-state index in [1.165, 1.54) is 6.07 Å². The number of carbonyl (C=O) groups excluding carboxylic acids is 2. The Labute approximate surface area is 156 Å². The number of rotatable bonds is 5. The van der Waals surface area contributed by atoms with E-state index in [9.17, 15) is 24.5 Å². The molecule has 0 radical (unpaired) electrons. The minimum atomic E-state index is -0.779. The van der Waals surface area contributed by atoms with Gasteiger partial charge in [0.1, 0.15) is 18.2 Å². The summed E-state index contributed by atoms with van der Waals surface area (Å²) in [5.41, 5.74) is -1.33. The molecule has 2 rings (SSSR count). The third-order valence-electron chi connectivity index (χ3n) is 3.38. The third-order valence-corrected chi connectivity index (χ3v) is 3.69. The molecule has 0 aliphatic rings. The molecule has 2 aromatic rings. The molecule has 138 valence electrons. The molecular formula is C16H11ClN4O6. The van der Waals surface area contributed by atoms with E-state index < -0.39 is 28.9 Å². The molecule has 1 aromatic carbocycles. The van der Waals surface area contributed by atoms with Gasteiger partial charge in [-0.25, -0.2) is 4.79 Å². The maximum absolute atomic E-state index is 12.2. The normalized spacial score (nSPS) is 9.96. The molecule has 0 unspecified atom stereocenters. The van der Waals surface area contributed by atoms with E-state index in [1.807, 2.05) is 0 Å². The van der Waals surface area contributed by atoms with Crippen molar-refractivity contribution in [2.45, 2.75) is 6.54 Å². The van der Waals surface area contributed by atoms with Crippen LogP contribution in [0.3, 0.4) is 0 Å². The lowest BCUT2D eigenvalue weighted by molar-refractivity contribution is -0.384. The number of nitrogens with one attached hydrogen (secondary N) is 1. The number of amides is 1. The molecule has 0 saturated heterocycles. The van der Waals surface area contributed by atoms with Crippen LogP contribution < -0.4 is 10.9 Å². The summed E-state index contributed by atoms with van der Waals surface area (Å²) in [6.45, 7) is -0.522. The second kappa shape index (κ2) is 8.11. The minimum absolute atomic E-state index is 0.0640. The van der Waals surface area contributed by atoms with Gasteiger partial charge in [-0.2, -0.15) is 5.26 Å². The number of halogens is 1. The van der Waals surface area contributed by atoms with E-state index >= 15 is 0 Å². The zero-order valence-corrected chi connectivity index (χ0v) is 14.5. The summed E-state index contributed by atoms with van der Waals surface area (Å²) in [4.78, 5) is 46.0. The molecule has 0 aliphatic carbocycles. The molecule has 0 aliphatic heterocycles. The van der Waals surface area contributed by atoms with Crippen LogP contribution in [0.25, 0.3) is 0 Å². The minimum Gasteiger partial charge on any atom is -0.465 e. The van der Waals surface area contributed by atoms with Crippen LogP contribution in [0.5, 0.6) is 0 Å². The number of non-ortho nitro benzene ring substituents is 1. The Bertz CT molecular complexity index is 1040. The number of nitro groups is 1. The molecule has 11 heteroatoms. The number of hydrogen-bond donors (Lipinski definition) is 1. The number of aromatic nitrogens is 1. The first-order valence-electron chi connectivity index (χ1n) is 7.23. The van der Waals surface area contributed by atoms with Crippen molar-refractivity contribution in [2.24, 2.45) is 0 Å². The van der Waals surface area contributed by atoms with Gasteiger partial charge in [0.2, 0.25) is 5.91 Å². The number of hydrogen-bond acceptors (Lipinski definition) is 7. The van der Waals surface area contributed by atoms with Gasteiger partial charge in [0.15, 0.2) is 0 Å². The lowest BCUT2D eigenvalue weighted by Crippen LogP contribution is -2.30. The highest BCUT2D eigenvalue weighted by Gasteiger charge is 2.16. The highest BCUT2D eigenvalue weighted by Crippen LogP contribution is 2.26. The van der Waals surface area contributed by atoms with Crippen LogP contribution in [0.1, 0.15) is 15.9 Å². The van der Waals surface area contributed by atoms with E-state index in [-0.39, 0.29) is 27.5 Å². The fourth-order valence-corrected chi connectivity index (χ4v) is 2.35. The van der Waals surface area contributed by atoms with E-state index in [1.54, 1.807) is 6.07 Å². The molecule has 1 amide bonds. The summed E-state index contributed by atoms with van der Waals surface area (Å²) in [6.07, 6.45) is 1.09. The van der Waals surface area contributed by atoms with Crippen LogP contribution >= 0.6 is 11.6 Å². The van der Waals surface area contributed by atoms with Gasteiger partial charge >= 0.3 is 5.97 Å². The Kier molecular flexibility index (Phi) is 5.89. The highest BCUT2D eigenvalue weighted by molar-refractivity contribution is 6.33. The number of nitriles is 1. The van der Waals surface area contributed by atoms with Gasteiger partial charge in [-0.15, -0.1) is 0 Å². The van der Waals surface area contributed by atoms with Crippen molar-refractivity contribution in [3.63, 3.8) is 0 Å². The van der Waals surface area contributed by atoms with Crippen molar-refractivity contribution in [2.75, 3.05) is 12.4 Å².